The number of nitrogens with zero attached hydrogens (tertiary/aromatic N) is 2. The van der Waals surface area contributed by atoms with Crippen LogP contribution in [0.25, 0.3) is 21.7 Å². The van der Waals surface area contributed by atoms with Gasteiger partial charge in [-0.1, -0.05) is 30.3 Å². The maximum Gasteiger partial charge on any atom is 0.279 e. The Kier molecular flexibility index (Phi) is 4.41. The van der Waals surface area contributed by atoms with Gasteiger partial charge in [0.15, 0.2) is 5.82 Å². The summed E-state index contributed by atoms with van der Waals surface area (Å²) in [5.41, 5.74) is 8.56. The van der Waals surface area contributed by atoms with E-state index < -0.39 is 0 Å². The molecular formula is C20H18N4OS. The number of para-hydroxylation sites is 3. The van der Waals surface area contributed by atoms with Crippen LogP contribution in [0.15, 0.2) is 66.7 Å². The minimum atomic E-state index is -0.163. The molecule has 2 heterocycles. The molecule has 26 heavy (non-hydrogen) atoms. The van der Waals surface area contributed by atoms with Gasteiger partial charge in [-0.15, -0.1) is 11.3 Å². The smallest absolute Gasteiger partial charge is 0.279 e. The molecule has 0 spiro atoms. The first-order chi connectivity index (χ1) is 12.8. The van der Waals surface area contributed by atoms with E-state index in [0.717, 1.165) is 34.0 Å². The van der Waals surface area contributed by atoms with Crippen LogP contribution in [0.3, 0.4) is 0 Å². The average Bonchev–Trinajstić information content (AvgIpc) is 3.31. The fourth-order valence-corrected chi connectivity index (χ4v) is 3.78. The van der Waals surface area contributed by atoms with Crippen molar-refractivity contribution in [2.24, 2.45) is 0 Å². The molecule has 0 radical (unpaired) electrons. The Labute approximate surface area is 155 Å². The minimum Gasteiger partial charge on any atom is -0.324 e. The summed E-state index contributed by atoms with van der Waals surface area (Å²) in [4.78, 5) is 18.8. The fraction of sp³-hybridized carbons (Fsp3) is 0.100. The number of carbonyl (C=O) groups excluding carboxylic acids is 1. The van der Waals surface area contributed by atoms with E-state index in [1.165, 1.54) is 11.3 Å². The van der Waals surface area contributed by atoms with Crippen LogP contribution in [0.5, 0.6) is 0 Å². The number of amides is 1. The highest BCUT2D eigenvalue weighted by Gasteiger charge is 2.15. The summed E-state index contributed by atoms with van der Waals surface area (Å²) < 4.78 is 2.17. The zero-order valence-corrected chi connectivity index (χ0v) is 15.1. The third-order valence-corrected chi connectivity index (χ3v) is 5.20. The van der Waals surface area contributed by atoms with Gasteiger partial charge >= 0.3 is 0 Å². The van der Waals surface area contributed by atoms with Crippen molar-refractivity contribution in [2.45, 2.75) is 13.5 Å². The fourth-order valence-electron chi connectivity index (χ4n) is 2.88. The zero-order chi connectivity index (χ0) is 17.9. The van der Waals surface area contributed by atoms with Gasteiger partial charge in [0.05, 0.1) is 26.5 Å². The van der Waals surface area contributed by atoms with Gasteiger partial charge in [0.2, 0.25) is 0 Å². The number of imidazole rings is 1. The Balaban J connectivity index is 1.57. The number of anilines is 1. The molecule has 0 bridgehead atoms. The number of nitrogens with one attached hydrogen (secondary N) is 2. The SMILES string of the molecule is CCn1c(-c2ccc(C(=O)NNc3ccccc3)s2)nc2ccccc21. The van der Waals surface area contributed by atoms with Gasteiger partial charge < -0.3 is 4.57 Å². The lowest BCUT2D eigenvalue weighted by molar-refractivity contribution is 0.0966. The normalized spacial score (nSPS) is 10.8. The molecule has 2 aromatic carbocycles. The van der Waals surface area contributed by atoms with E-state index in [9.17, 15) is 4.79 Å². The lowest BCUT2D eigenvalue weighted by Gasteiger charge is -2.06. The summed E-state index contributed by atoms with van der Waals surface area (Å²) in [5.74, 6) is 0.734. The molecule has 0 saturated heterocycles. The summed E-state index contributed by atoms with van der Waals surface area (Å²) in [6.45, 7) is 2.92. The second-order valence-corrected chi connectivity index (χ2v) is 6.86. The van der Waals surface area contributed by atoms with Gasteiger partial charge in [0.25, 0.3) is 5.91 Å². The van der Waals surface area contributed by atoms with Crippen LogP contribution in [-0.4, -0.2) is 15.5 Å². The van der Waals surface area contributed by atoms with Crippen LogP contribution in [-0.2, 0) is 6.54 Å². The maximum absolute atomic E-state index is 12.4. The van der Waals surface area contributed by atoms with E-state index in [2.05, 4.69) is 28.4 Å². The number of fused-ring (bicyclic) bond motifs is 1. The Bertz CT molecular complexity index is 1050. The molecule has 2 N–H and O–H groups in total. The number of hydrogen-bond donors (Lipinski definition) is 2. The van der Waals surface area contributed by atoms with Gasteiger partial charge in [-0.05, 0) is 43.3 Å². The molecule has 0 aliphatic carbocycles. The Morgan fingerprint density at radius 2 is 1.81 bits per heavy atom. The largest absolute Gasteiger partial charge is 0.324 e. The molecule has 0 unspecified atom stereocenters. The average molecular weight is 362 g/mol. The van der Waals surface area contributed by atoms with Crippen molar-refractivity contribution in [2.75, 3.05) is 5.43 Å². The number of aryl methyl sites for hydroxylation is 1. The number of benzene rings is 2. The van der Waals surface area contributed by atoms with Crippen LogP contribution in [0.1, 0.15) is 16.6 Å². The molecule has 5 nitrogen and oxygen atoms in total. The molecule has 0 fully saturated rings. The third kappa shape index (κ3) is 3.07. The highest BCUT2D eigenvalue weighted by molar-refractivity contribution is 7.17. The maximum atomic E-state index is 12.4. The van der Waals surface area contributed by atoms with Crippen LogP contribution in [0, 0.1) is 0 Å². The standard InChI is InChI=1S/C20H18N4OS/c1-2-24-16-11-7-6-10-15(16)21-19(24)17-12-13-18(26-17)20(25)23-22-14-8-4-3-5-9-14/h3-13,22H,2H2,1H3,(H,23,25). The van der Waals surface area contributed by atoms with Gasteiger partial charge in [-0.3, -0.25) is 15.6 Å². The molecule has 4 aromatic rings. The van der Waals surface area contributed by atoms with Crippen LogP contribution in [0.2, 0.25) is 0 Å². The van der Waals surface area contributed by atoms with Crippen molar-refractivity contribution in [1.82, 2.24) is 15.0 Å². The van der Waals surface area contributed by atoms with Crippen molar-refractivity contribution < 1.29 is 4.79 Å². The monoisotopic (exact) mass is 362 g/mol. The zero-order valence-electron chi connectivity index (χ0n) is 14.3. The van der Waals surface area contributed by atoms with Crippen LogP contribution < -0.4 is 10.9 Å². The van der Waals surface area contributed by atoms with Crippen molar-refractivity contribution in [3.8, 4) is 10.7 Å². The van der Waals surface area contributed by atoms with Crippen LogP contribution >= 0.6 is 11.3 Å². The quantitative estimate of drug-likeness (QED) is 0.512. The third-order valence-electron chi connectivity index (χ3n) is 4.12. The second-order valence-electron chi connectivity index (χ2n) is 5.78. The highest BCUT2D eigenvalue weighted by atomic mass is 32.1. The summed E-state index contributed by atoms with van der Waals surface area (Å²) >= 11 is 1.44. The summed E-state index contributed by atoms with van der Waals surface area (Å²) in [7, 11) is 0. The molecule has 0 atom stereocenters. The van der Waals surface area contributed by atoms with Crippen LogP contribution in [0.4, 0.5) is 5.69 Å². The molecule has 4 rings (SSSR count). The number of carbonyl (C=O) groups is 1. The molecule has 0 aliphatic rings. The first-order valence-electron chi connectivity index (χ1n) is 8.43. The van der Waals surface area contributed by atoms with Gasteiger partial charge in [0.1, 0.15) is 0 Å². The lowest BCUT2D eigenvalue weighted by Crippen LogP contribution is -2.28. The molecular weight excluding hydrogens is 344 g/mol. The first kappa shape index (κ1) is 16.4. The molecule has 0 aliphatic heterocycles. The minimum absolute atomic E-state index is 0.163. The number of thiophene rings is 1. The number of aromatic nitrogens is 2. The highest BCUT2D eigenvalue weighted by Crippen LogP contribution is 2.30. The lowest BCUT2D eigenvalue weighted by atomic mass is 10.3. The molecule has 6 heteroatoms. The van der Waals surface area contributed by atoms with E-state index in [0.29, 0.717) is 4.88 Å². The molecule has 0 saturated carbocycles. The molecule has 2 aromatic heterocycles. The Morgan fingerprint density at radius 3 is 2.62 bits per heavy atom. The van der Waals surface area contributed by atoms with E-state index in [1.54, 1.807) is 0 Å². The Morgan fingerprint density at radius 1 is 1.04 bits per heavy atom. The van der Waals surface area contributed by atoms with Gasteiger partial charge in [-0.2, -0.15) is 0 Å². The first-order valence-corrected chi connectivity index (χ1v) is 9.25. The van der Waals surface area contributed by atoms with E-state index in [-0.39, 0.29) is 5.91 Å². The number of hydrazine groups is 1. The molecule has 130 valence electrons. The number of hydrogen-bond acceptors (Lipinski definition) is 4. The van der Waals surface area contributed by atoms with E-state index in [4.69, 9.17) is 4.98 Å². The van der Waals surface area contributed by atoms with Gasteiger partial charge in [-0.25, -0.2) is 4.98 Å². The summed E-state index contributed by atoms with van der Waals surface area (Å²) in [6, 6.07) is 21.4. The number of rotatable bonds is 5. The molecule has 1 amide bonds. The van der Waals surface area contributed by atoms with E-state index >= 15 is 0 Å². The predicted molar refractivity (Wildman–Crippen MR) is 106 cm³/mol. The van der Waals surface area contributed by atoms with E-state index in [1.807, 2.05) is 60.7 Å². The summed E-state index contributed by atoms with van der Waals surface area (Å²) in [6.07, 6.45) is 0. The summed E-state index contributed by atoms with van der Waals surface area (Å²) in [5, 5.41) is 0. The van der Waals surface area contributed by atoms with Crippen molar-refractivity contribution >= 4 is 34.0 Å². The Hall–Kier alpha value is -3.12. The van der Waals surface area contributed by atoms with Crippen molar-refractivity contribution in [1.29, 1.82) is 0 Å². The van der Waals surface area contributed by atoms with Crippen molar-refractivity contribution in [3.05, 3.63) is 71.6 Å². The topological polar surface area (TPSA) is 59.0 Å². The van der Waals surface area contributed by atoms with Crippen molar-refractivity contribution in [3.63, 3.8) is 0 Å². The van der Waals surface area contributed by atoms with Gasteiger partial charge in [0, 0.05) is 6.54 Å². The second kappa shape index (κ2) is 7.01. The predicted octanol–water partition coefficient (Wildman–Crippen LogP) is 4.54.